The zero-order chi connectivity index (χ0) is 19.7. The highest BCUT2D eigenvalue weighted by Crippen LogP contribution is 2.24. The molecule has 28 heavy (non-hydrogen) atoms. The number of carbonyl (C=O) groups is 1. The number of fused-ring (bicyclic) bond motifs is 1. The molecule has 0 atom stereocenters. The number of aromatic nitrogens is 4. The average Bonchev–Trinajstić information content (AvgIpc) is 3.13. The summed E-state index contributed by atoms with van der Waals surface area (Å²) in [5, 5.41) is 5.72. The van der Waals surface area contributed by atoms with E-state index >= 15 is 0 Å². The van der Waals surface area contributed by atoms with Crippen LogP contribution < -0.4 is 10.9 Å². The molecule has 0 spiro atoms. The molecule has 7 nitrogen and oxygen atoms in total. The molecule has 0 saturated heterocycles. The Morgan fingerprint density at radius 2 is 1.86 bits per heavy atom. The molecule has 0 fully saturated rings. The zero-order valence-electron chi connectivity index (χ0n) is 15.3. The van der Waals surface area contributed by atoms with Crippen molar-refractivity contribution in [3.05, 3.63) is 76.7 Å². The molecule has 0 unspecified atom stereocenters. The van der Waals surface area contributed by atoms with E-state index in [2.05, 4.69) is 25.9 Å². The minimum atomic E-state index is -0.260. The predicted molar refractivity (Wildman–Crippen MR) is 109 cm³/mol. The fourth-order valence-corrected chi connectivity index (χ4v) is 2.91. The van der Waals surface area contributed by atoms with Gasteiger partial charge in [-0.3, -0.25) is 15.6 Å². The Morgan fingerprint density at radius 1 is 1.07 bits per heavy atom. The molecule has 0 radical (unpaired) electrons. The van der Waals surface area contributed by atoms with Crippen LogP contribution in [0.5, 0.6) is 0 Å². The minimum absolute atomic E-state index is 0.260. The third-order valence-corrected chi connectivity index (χ3v) is 4.78. The van der Waals surface area contributed by atoms with Crippen molar-refractivity contribution >= 4 is 34.4 Å². The van der Waals surface area contributed by atoms with Crippen molar-refractivity contribution < 1.29 is 4.79 Å². The zero-order valence-corrected chi connectivity index (χ0v) is 16.0. The molecular weight excluding hydrogens is 376 g/mol. The van der Waals surface area contributed by atoms with E-state index in [1.165, 1.54) is 6.33 Å². The molecule has 2 aromatic heterocycles. The molecule has 0 bridgehead atoms. The summed E-state index contributed by atoms with van der Waals surface area (Å²) in [5.41, 5.74) is 9.52. The maximum Gasteiger partial charge on any atom is 0.269 e. The number of hydrazine groups is 1. The normalized spacial score (nSPS) is 10.8. The number of nitrogens with zero attached hydrogens (tertiary/aromatic N) is 4. The lowest BCUT2D eigenvalue weighted by atomic mass is 10.1. The molecule has 0 aliphatic rings. The van der Waals surface area contributed by atoms with Gasteiger partial charge in [-0.05, 0) is 43.7 Å². The summed E-state index contributed by atoms with van der Waals surface area (Å²) in [5.74, 6) is 0.194. The maximum absolute atomic E-state index is 12.3. The van der Waals surface area contributed by atoms with E-state index in [-0.39, 0.29) is 5.91 Å². The van der Waals surface area contributed by atoms with Crippen LogP contribution in [0.2, 0.25) is 5.02 Å². The smallest absolute Gasteiger partial charge is 0.269 e. The molecule has 2 heterocycles. The monoisotopic (exact) mass is 392 g/mol. The van der Waals surface area contributed by atoms with Crippen LogP contribution in [0, 0.1) is 13.8 Å². The molecule has 0 saturated carbocycles. The Morgan fingerprint density at radius 3 is 2.61 bits per heavy atom. The van der Waals surface area contributed by atoms with Gasteiger partial charge in [-0.25, -0.2) is 14.6 Å². The molecule has 0 aliphatic heterocycles. The van der Waals surface area contributed by atoms with Gasteiger partial charge in [-0.2, -0.15) is 5.10 Å². The summed E-state index contributed by atoms with van der Waals surface area (Å²) in [6.07, 6.45) is 3.06. The van der Waals surface area contributed by atoms with Gasteiger partial charge in [0.25, 0.3) is 5.91 Å². The second-order valence-corrected chi connectivity index (χ2v) is 6.80. The lowest BCUT2D eigenvalue weighted by molar-refractivity contribution is 0.0962. The predicted octanol–water partition coefficient (Wildman–Crippen LogP) is 3.84. The Hall–Kier alpha value is -3.45. The first kappa shape index (κ1) is 17.9. The van der Waals surface area contributed by atoms with Crippen molar-refractivity contribution in [3.63, 3.8) is 0 Å². The van der Waals surface area contributed by atoms with Crippen LogP contribution in [-0.2, 0) is 0 Å². The van der Waals surface area contributed by atoms with Gasteiger partial charge in [0.15, 0.2) is 11.5 Å². The molecule has 4 aromatic rings. The van der Waals surface area contributed by atoms with Crippen molar-refractivity contribution in [3.8, 4) is 5.69 Å². The van der Waals surface area contributed by atoms with Gasteiger partial charge in [0.1, 0.15) is 6.33 Å². The van der Waals surface area contributed by atoms with Crippen LogP contribution in [0.1, 0.15) is 21.5 Å². The Bertz CT molecular complexity index is 1170. The fraction of sp³-hybridized carbons (Fsp3) is 0.100. The molecule has 4 rings (SSSR count). The number of benzene rings is 2. The van der Waals surface area contributed by atoms with E-state index < -0.39 is 0 Å². The number of amides is 1. The second-order valence-electron chi connectivity index (χ2n) is 6.39. The number of hydrogen-bond acceptors (Lipinski definition) is 5. The van der Waals surface area contributed by atoms with Gasteiger partial charge in [-0.15, -0.1) is 0 Å². The highest BCUT2D eigenvalue weighted by molar-refractivity contribution is 6.31. The van der Waals surface area contributed by atoms with E-state index in [0.717, 1.165) is 16.8 Å². The number of carbonyl (C=O) groups excluding carboxylic acids is 1. The van der Waals surface area contributed by atoms with Crippen molar-refractivity contribution in [1.82, 2.24) is 25.2 Å². The number of rotatable bonds is 4. The number of aryl methyl sites for hydroxylation is 2. The van der Waals surface area contributed by atoms with Crippen LogP contribution in [0.4, 0.5) is 5.82 Å². The fourth-order valence-electron chi connectivity index (χ4n) is 2.74. The van der Waals surface area contributed by atoms with E-state index in [9.17, 15) is 4.79 Å². The SMILES string of the molecule is Cc1ccc(C(=O)NNc2ncnc3c2cnn3-c2ccc(C)c(Cl)c2)cc1. The summed E-state index contributed by atoms with van der Waals surface area (Å²) in [7, 11) is 0. The van der Waals surface area contributed by atoms with Crippen LogP contribution >= 0.6 is 11.6 Å². The third-order valence-electron chi connectivity index (χ3n) is 4.37. The van der Waals surface area contributed by atoms with Crippen molar-refractivity contribution in [2.45, 2.75) is 13.8 Å². The first-order chi connectivity index (χ1) is 13.5. The van der Waals surface area contributed by atoms with Gasteiger partial charge in [0.2, 0.25) is 0 Å². The molecule has 1 amide bonds. The minimum Gasteiger partial charge on any atom is -0.281 e. The number of nitrogens with one attached hydrogen (secondary N) is 2. The summed E-state index contributed by atoms with van der Waals surface area (Å²) in [6, 6.07) is 13.0. The van der Waals surface area contributed by atoms with Crippen LogP contribution in [0.3, 0.4) is 0 Å². The highest BCUT2D eigenvalue weighted by Gasteiger charge is 2.13. The highest BCUT2D eigenvalue weighted by atomic mass is 35.5. The first-order valence-electron chi connectivity index (χ1n) is 8.61. The van der Waals surface area contributed by atoms with Gasteiger partial charge >= 0.3 is 0 Å². The molecule has 8 heteroatoms. The summed E-state index contributed by atoms with van der Waals surface area (Å²) < 4.78 is 1.68. The summed E-state index contributed by atoms with van der Waals surface area (Å²) in [6.45, 7) is 3.91. The largest absolute Gasteiger partial charge is 0.281 e. The molecular formula is C20H17ClN6O. The summed E-state index contributed by atoms with van der Waals surface area (Å²) in [4.78, 5) is 20.8. The Kier molecular flexibility index (Phi) is 4.67. The number of halogens is 1. The van der Waals surface area contributed by atoms with Gasteiger partial charge in [-0.1, -0.05) is 35.4 Å². The van der Waals surface area contributed by atoms with Gasteiger partial charge < -0.3 is 0 Å². The van der Waals surface area contributed by atoms with E-state index in [0.29, 0.717) is 27.4 Å². The average molecular weight is 393 g/mol. The van der Waals surface area contributed by atoms with Crippen LogP contribution in [0.25, 0.3) is 16.7 Å². The Balaban J connectivity index is 1.60. The van der Waals surface area contributed by atoms with Crippen molar-refractivity contribution in [1.29, 1.82) is 0 Å². The third kappa shape index (κ3) is 3.39. The van der Waals surface area contributed by atoms with E-state index in [1.54, 1.807) is 23.0 Å². The van der Waals surface area contributed by atoms with E-state index in [4.69, 9.17) is 11.6 Å². The molecule has 2 N–H and O–H groups in total. The maximum atomic E-state index is 12.3. The number of hydrogen-bond donors (Lipinski definition) is 2. The quantitative estimate of drug-likeness (QED) is 0.515. The molecule has 140 valence electrons. The molecule has 0 aliphatic carbocycles. The van der Waals surface area contributed by atoms with Crippen LogP contribution in [-0.4, -0.2) is 25.7 Å². The summed E-state index contributed by atoms with van der Waals surface area (Å²) >= 11 is 6.23. The lowest BCUT2D eigenvalue weighted by Gasteiger charge is -2.09. The van der Waals surface area contributed by atoms with Crippen molar-refractivity contribution in [2.24, 2.45) is 0 Å². The standard InChI is InChI=1S/C20H17ClN6O/c1-12-3-6-14(7-4-12)20(28)26-25-18-16-10-24-27(19(16)23-11-22-18)15-8-5-13(2)17(21)9-15/h3-11H,1-2H3,(H,26,28)(H,22,23,25). The number of anilines is 1. The van der Waals surface area contributed by atoms with Crippen LogP contribution in [0.15, 0.2) is 55.0 Å². The second kappa shape index (κ2) is 7.28. The van der Waals surface area contributed by atoms with Gasteiger partial charge in [0, 0.05) is 10.6 Å². The topological polar surface area (TPSA) is 84.7 Å². The Labute approximate surface area is 166 Å². The van der Waals surface area contributed by atoms with E-state index in [1.807, 2.05) is 44.2 Å². The van der Waals surface area contributed by atoms with Crippen molar-refractivity contribution in [2.75, 3.05) is 5.43 Å². The van der Waals surface area contributed by atoms with Gasteiger partial charge in [0.05, 0.1) is 17.3 Å². The lowest BCUT2D eigenvalue weighted by Crippen LogP contribution is -2.29. The first-order valence-corrected chi connectivity index (χ1v) is 8.99. The molecule has 2 aromatic carbocycles.